The molecule has 0 radical (unpaired) electrons. The number of sulfonamides is 1. The van der Waals surface area contributed by atoms with Gasteiger partial charge in [-0.15, -0.1) is 0 Å². The Hall–Kier alpha value is -2.12. The van der Waals surface area contributed by atoms with Crippen molar-refractivity contribution < 1.29 is 17.9 Å². The van der Waals surface area contributed by atoms with Crippen molar-refractivity contribution in [2.45, 2.75) is 24.8 Å². The van der Waals surface area contributed by atoms with E-state index in [4.69, 9.17) is 4.74 Å². The average molecular weight is 422 g/mol. The normalized spacial score (nSPS) is 15.5. The molecule has 2 aromatic carbocycles. The fourth-order valence-electron chi connectivity index (χ4n) is 2.52. The standard InChI is InChI=1S/C18H16BrNO4S/c1-12(2)20-11-16(15-5-3-4-6-17(15)25(20,22)23)24-18(21)13-7-9-14(19)10-8-13/h3-12H,1-2H3. The van der Waals surface area contributed by atoms with E-state index in [0.717, 1.165) is 4.47 Å². The van der Waals surface area contributed by atoms with E-state index in [0.29, 0.717) is 11.1 Å². The van der Waals surface area contributed by atoms with Crippen molar-refractivity contribution in [3.8, 4) is 0 Å². The minimum Gasteiger partial charge on any atom is -0.421 e. The van der Waals surface area contributed by atoms with Crippen LogP contribution in [0.4, 0.5) is 0 Å². The number of carbonyl (C=O) groups is 1. The number of esters is 1. The van der Waals surface area contributed by atoms with E-state index in [-0.39, 0.29) is 16.7 Å². The minimum atomic E-state index is -3.66. The van der Waals surface area contributed by atoms with Gasteiger partial charge < -0.3 is 4.74 Å². The molecule has 3 rings (SSSR count). The lowest BCUT2D eigenvalue weighted by molar-refractivity contribution is 0.0688. The Morgan fingerprint density at radius 1 is 1.08 bits per heavy atom. The second kappa shape index (κ2) is 6.65. The summed E-state index contributed by atoms with van der Waals surface area (Å²) in [7, 11) is -3.66. The summed E-state index contributed by atoms with van der Waals surface area (Å²) in [6, 6.07) is 13.0. The minimum absolute atomic E-state index is 0.129. The van der Waals surface area contributed by atoms with Crippen molar-refractivity contribution in [3.63, 3.8) is 0 Å². The van der Waals surface area contributed by atoms with Gasteiger partial charge in [-0.3, -0.25) is 4.31 Å². The molecule has 0 unspecified atom stereocenters. The number of benzene rings is 2. The summed E-state index contributed by atoms with van der Waals surface area (Å²) in [6.07, 6.45) is 1.37. The number of carbonyl (C=O) groups excluding carboxylic acids is 1. The van der Waals surface area contributed by atoms with Crippen LogP contribution in [0.3, 0.4) is 0 Å². The van der Waals surface area contributed by atoms with Gasteiger partial charge in [-0.05, 0) is 50.2 Å². The number of hydrogen-bond donors (Lipinski definition) is 0. The lowest BCUT2D eigenvalue weighted by Gasteiger charge is -2.30. The van der Waals surface area contributed by atoms with Crippen molar-refractivity contribution >= 4 is 37.7 Å². The van der Waals surface area contributed by atoms with Gasteiger partial charge in [0.05, 0.1) is 16.7 Å². The Labute approximate surface area is 155 Å². The van der Waals surface area contributed by atoms with Gasteiger partial charge in [0.1, 0.15) is 0 Å². The van der Waals surface area contributed by atoms with E-state index in [1.165, 1.54) is 16.6 Å². The van der Waals surface area contributed by atoms with E-state index in [9.17, 15) is 13.2 Å². The highest BCUT2D eigenvalue weighted by atomic mass is 79.9. The molecule has 0 fully saturated rings. The number of hydrogen-bond acceptors (Lipinski definition) is 4. The van der Waals surface area contributed by atoms with Crippen LogP contribution in [0.25, 0.3) is 5.76 Å². The molecule has 0 saturated heterocycles. The highest BCUT2D eigenvalue weighted by Gasteiger charge is 2.34. The van der Waals surface area contributed by atoms with Crippen LogP contribution in [-0.2, 0) is 14.8 Å². The third-order valence-corrected chi connectivity index (χ3v) is 6.27. The monoisotopic (exact) mass is 421 g/mol. The van der Waals surface area contributed by atoms with Crippen LogP contribution in [0.15, 0.2) is 64.1 Å². The van der Waals surface area contributed by atoms with Crippen LogP contribution in [0.1, 0.15) is 29.8 Å². The number of halogens is 1. The van der Waals surface area contributed by atoms with E-state index in [1.54, 1.807) is 56.3 Å². The second-order valence-electron chi connectivity index (χ2n) is 5.81. The molecule has 1 heterocycles. The first-order valence-corrected chi connectivity index (χ1v) is 9.86. The van der Waals surface area contributed by atoms with Crippen molar-refractivity contribution in [3.05, 3.63) is 70.3 Å². The van der Waals surface area contributed by atoms with E-state index < -0.39 is 16.0 Å². The summed E-state index contributed by atoms with van der Waals surface area (Å²) in [5.41, 5.74) is 0.760. The number of ether oxygens (including phenoxy) is 1. The van der Waals surface area contributed by atoms with E-state index >= 15 is 0 Å². The van der Waals surface area contributed by atoms with Gasteiger partial charge in [0.15, 0.2) is 5.76 Å². The Morgan fingerprint density at radius 3 is 2.36 bits per heavy atom. The van der Waals surface area contributed by atoms with Crippen LogP contribution in [-0.4, -0.2) is 24.7 Å². The molecule has 0 amide bonds. The first-order valence-electron chi connectivity index (χ1n) is 7.63. The highest BCUT2D eigenvalue weighted by molar-refractivity contribution is 9.10. The largest absolute Gasteiger partial charge is 0.421 e. The van der Waals surface area contributed by atoms with Gasteiger partial charge >= 0.3 is 5.97 Å². The molecule has 1 aliphatic rings. The zero-order valence-electron chi connectivity index (χ0n) is 13.6. The lowest BCUT2D eigenvalue weighted by Crippen LogP contribution is -2.35. The maximum atomic E-state index is 12.7. The van der Waals surface area contributed by atoms with Crippen molar-refractivity contribution in [2.75, 3.05) is 0 Å². The van der Waals surface area contributed by atoms with Crippen molar-refractivity contribution in [1.82, 2.24) is 4.31 Å². The first kappa shape index (κ1) is 17.7. The number of nitrogens with zero attached hydrogens (tertiary/aromatic N) is 1. The molecule has 25 heavy (non-hydrogen) atoms. The molecular formula is C18H16BrNO4S. The van der Waals surface area contributed by atoms with Crippen LogP contribution in [0, 0.1) is 0 Å². The Morgan fingerprint density at radius 2 is 1.72 bits per heavy atom. The number of fused-ring (bicyclic) bond motifs is 1. The zero-order valence-corrected chi connectivity index (χ0v) is 16.0. The summed E-state index contributed by atoms with van der Waals surface area (Å²) < 4.78 is 33.0. The second-order valence-corrected chi connectivity index (χ2v) is 8.54. The lowest BCUT2D eigenvalue weighted by atomic mass is 10.2. The van der Waals surface area contributed by atoms with Crippen molar-refractivity contribution in [1.29, 1.82) is 0 Å². The summed E-state index contributed by atoms with van der Waals surface area (Å²) in [5.74, 6) is -0.330. The third kappa shape index (κ3) is 3.34. The maximum absolute atomic E-state index is 12.7. The van der Waals surface area contributed by atoms with Crippen molar-refractivity contribution in [2.24, 2.45) is 0 Å². The van der Waals surface area contributed by atoms with Crippen LogP contribution in [0.2, 0.25) is 0 Å². The third-order valence-electron chi connectivity index (χ3n) is 3.74. The molecule has 0 spiro atoms. The fourth-order valence-corrected chi connectivity index (χ4v) is 4.49. The zero-order chi connectivity index (χ0) is 18.2. The molecule has 7 heteroatoms. The first-order chi connectivity index (χ1) is 11.8. The SMILES string of the molecule is CC(C)N1C=C(OC(=O)c2ccc(Br)cc2)c2ccccc2S1(=O)=O. The van der Waals surface area contributed by atoms with Gasteiger partial charge in [-0.2, -0.15) is 0 Å². The highest BCUT2D eigenvalue weighted by Crippen LogP contribution is 2.34. The molecule has 0 bridgehead atoms. The van der Waals surface area contributed by atoms with Gasteiger partial charge in [-0.1, -0.05) is 28.1 Å². The summed E-state index contributed by atoms with van der Waals surface area (Å²) >= 11 is 3.31. The molecule has 130 valence electrons. The maximum Gasteiger partial charge on any atom is 0.343 e. The number of rotatable bonds is 3. The fraction of sp³-hybridized carbons (Fsp3) is 0.167. The Balaban J connectivity index is 2.02. The summed E-state index contributed by atoms with van der Waals surface area (Å²) in [5, 5.41) is 0. The van der Waals surface area contributed by atoms with Gasteiger partial charge in [-0.25, -0.2) is 13.2 Å². The molecule has 1 aliphatic heterocycles. The summed E-state index contributed by atoms with van der Waals surface area (Å²) in [4.78, 5) is 12.6. The van der Waals surface area contributed by atoms with Crippen LogP contribution >= 0.6 is 15.9 Å². The molecule has 2 aromatic rings. The quantitative estimate of drug-likeness (QED) is 0.702. The molecule has 0 aliphatic carbocycles. The predicted molar refractivity (Wildman–Crippen MR) is 98.1 cm³/mol. The van der Waals surface area contributed by atoms with Crippen LogP contribution in [0.5, 0.6) is 0 Å². The van der Waals surface area contributed by atoms with Gasteiger partial charge in [0, 0.05) is 16.1 Å². The van der Waals surface area contributed by atoms with E-state index in [2.05, 4.69) is 15.9 Å². The average Bonchev–Trinajstić information content (AvgIpc) is 2.57. The predicted octanol–water partition coefficient (Wildman–Crippen LogP) is 4.02. The smallest absolute Gasteiger partial charge is 0.343 e. The molecule has 0 N–H and O–H groups in total. The van der Waals surface area contributed by atoms with E-state index in [1.807, 2.05) is 0 Å². The van der Waals surface area contributed by atoms with Gasteiger partial charge in [0.25, 0.3) is 10.0 Å². The van der Waals surface area contributed by atoms with Gasteiger partial charge in [0.2, 0.25) is 0 Å². The Bertz CT molecular complexity index is 949. The topological polar surface area (TPSA) is 63.7 Å². The summed E-state index contributed by atoms with van der Waals surface area (Å²) in [6.45, 7) is 3.52. The molecule has 0 aromatic heterocycles. The molecule has 0 saturated carbocycles. The Kier molecular flexibility index (Phi) is 4.71. The van der Waals surface area contributed by atoms with Crippen LogP contribution < -0.4 is 0 Å². The molecule has 5 nitrogen and oxygen atoms in total. The molecule has 0 atom stereocenters. The molecular weight excluding hydrogens is 406 g/mol.